The highest BCUT2D eigenvalue weighted by molar-refractivity contribution is 9.10. The molecule has 0 amide bonds. The van der Waals surface area contributed by atoms with Crippen LogP contribution in [0.4, 0.5) is 5.69 Å². The number of oxazole rings is 1. The molecule has 1 aromatic carbocycles. The van der Waals surface area contributed by atoms with Crippen molar-refractivity contribution in [3.05, 3.63) is 22.5 Å². The number of rotatable bonds is 5. The van der Waals surface area contributed by atoms with Crippen molar-refractivity contribution in [3.8, 4) is 0 Å². The van der Waals surface area contributed by atoms with Crippen LogP contribution < -0.4 is 5.73 Å². The second kappa shape index (κ2) is 5.48. The predicted octanol–water partition coefficient (Wildman–Crippen LogP) is 2.34. The molecule has 0 atom stereocenters. The van der Waals surface area contributed by atoms with E-state index in [-0.39, 0.29) is 0 Å². The number of nitrogens with two attached hydrogens (primary N) is 1. The molecule has 2 N–H and O–H groups in total. The van der Waals surface area contributed by atoms with Gasteiger partial charge in [-0.1, -0.05) is 15.9 Å². The third kappa shape index (κ3) is 2.96. The van der Waals surface area contributed by atoms with Gasteiger partial charge in [-0.05, 0) is 12.1 Å². The number of nitrogens with zero attached hydrogens (tertiary/aromatic N) is 1. The van der Waals surface area contributed by atoms with E-state index in [1.807, 2.05) is 6.07 Å². The maximum atomic E-state index is 5.82. The fourth-order valence-electron chi connectivity index (χ4n) is 1.43. The molecule has 0 fully saturated rings. The van der Waals surface area contributed by atoms with Crippen LogP contribution >= 0.6 is 15.9 Å². The van der Waals surface area contributed by atoms with Gasteiger partial charge in [0.05, 0.1) is 18.9 Å². The fraction of sp³-hybridized carbons (Fsp3) is 0.364. The first-order valence-electron chi connectivity index (χ1n) is 5.12. The Morgan fingerprint density at radius 1 is 1.41 bits per heavy atom. The lowest BCUT2D eigenvalue weighted by Crippen LogP contribution is -2.01. The Kier molecular flexibility index (Phi) is 3.98. The summed E-state index contributed by atoms with van der Waals surface area (Å²) in [6.07, 6.45) is 0. The van der Waals surface area contributed by atoms with Gasteiger partial charge in [0.1, 0.15) is 12.1 Å². The maximum Gasteiger partial charge on any atom is 0.221 e. The Hall–Kier alpha value is -1.11. The molecule has 1 aromatic heterocycles. The molecular formula is C11H13BrN2O3. The Morgan fingerprint density at radius 2 is 2.24 bits per heavy atom. The number of fused-ring (bicyclic) bond motifs is 1. The van der Waals surface area contributed by atoms with E-state index in [4.69, 9.17) is 19.6 Å². The monoisotopic (exact) mass is 300 g/mol. The van der Waals surface area contributed by atoms with Gasteiger partial charge >= 0.3 is 0 Å². The molecule has 2 rings (SSSR count). The molecule has 17 heavy (non-hydrogen) atoms. The number of hydrogen-bond donors (Lipinski definition) is 1. The van der Waals surface area contributed by atoms with Gasteiger partial charge in [0, 0.05) is 11.6 Å². The van der Waals surface area contributed by atoms with Crippen molar-refractivity contribution in [2.75, 3.05) is 26.1 Å². The van der Waals surface area contributed by atoms with Gasteiger partial charge in [-0.15, -0.1) is 0 Å². The predicted molar refractivity (Wildman–Crippen MR) is 67.7 cm³/mol. The molecule has 0 radical (unpaired) electrons. The van der Waals surface area contributed by atoms with Crippen LogP contribution in [0.15, 0.2) is 21.0 Å². The number of anilines is 1. The molecule has 1 heterocycles. The standard InChI is InChI=1S/C11H13BrN2O3/c1-15-2-3-16-6-10-14-9-5-7(12)4-8(13)11(9)17-10/h4-5H,2-3,6,13H2,1H3. The van der Waals surface area contributed by atoms with Gasteiger partial charge in [0.15, 0.2) is 5.58 Å². The minimum atomic E-state index is 0.315. The summed E-state index contributed by atoms with van der Waals surface area (Å²) in [6.45, 7) is 1.37. The number of hydrogen-bond acceptors (Lipinski definition) is 5. The van der Waals surface area contributed by atoms with E-state index in [1.54, 1.807) is 13.2 Å². The van der Waals surface area contributed by atoms with E-state index in [0.717, 1.165) is 9.99 Å². The first kappa shape index (κ1) is 12.3. The Morgan fingerprint density at radius 3 is 3.00 bits per heavy atom. The van der Waals surface area contributed by atoms with Crippen LogP contribution in [0.2, 0.25) is 0 Å². The minimum absolute atomic E-state index is 0.315. The van der Waals surface area contributed by atoms with Gasteiger partial charge in [-0.25, -0.2) is 4.98 Å². The summed E-state index contributed by atoms with van der Waals surface area (Å²) in [6, 6.07) is 3.64. The molecule has 0 unspecified atom stereocenters. The Bertz CT molecular complexity index is 513. The Balaban J connectivity index is 2.12. The van der Waals surface area contributed by atoms with Crippen molar-refractivity contribution in [3.63, 3.8) is 0 Å². The molecule has 0 saturated carbocycles. The zero-order valence-corrected chi connectivity index (χ0v) is 11.0. The number of aromatic nitrogens is 1. The Labute approximate surface area is 107 Å². The van der Waals surface area contributed by atoms with E-state index < -0.39 is 0 Å². The molecule has 2 aromatic rings. The lowest BCUT2D eigenvalue weighted by atomic mass is 10.3. The molecule has 0 spiro atoms. The van der Waals surface area contributed by atoms with Crippen LogP contribution in [0.3, 0.4) is 0 Å². The van der Waals surface area contributed by atoms with Crippen LogP contribution in [0, 0.1) is 0 Å². The largest absolute Gasteiger partial charge is 0.436 e. The normalized spacial score (nSPS) is 11.2. The lowest BCUT2D eigenvalue weighted by molar-refractivity contribution is 0.0524. The molecule has 0 aliphatic rings. The van der Waals surface area contributed by atoms with E-state index in [1.165, 1.54) is 0 Å². The summed E-state index contributed by atoms with van der Waals surface area (Å²) in [4.78, 5) is 4.29. The average molecular weight is 301 g/mol. The molecule has 6 heteroatoms. The van der Waals surface area contributed by atoms with Crippen LogP contribution in [-0.4, -0.2) is 25.3 Å². The SMILES string of the molecule is COCCOCc1nc2cc(Br)cc(N)c2o1. The van der Waals surface area contributed by atoms with Gasteiger partial charge in [0.25, 0.3) is 0 Å². The molecular weight excluding hydrogens is 288 g/mol. The molecule has 92 valence electrons. The van der Waals surface area contributed by atoms with Crippen molar-refractivity contribution in [2.45, 2.75) is 6.61 Å². The van der Waals surface area contributed by atoms with Crippen LogP contribution in [-0.2, 0) is 16.1 Å². The molecule has 0 aliphatic heterocycles. The summed E-state index contributed by atoms with van der Waals surface area (Å²) in [5.74, 6) is 0.515. The van der Waals surface area contributed by atoms with Crippen molar-refractivity contribution < 1.29 is 13.9 Å². The third-order valence-electron chi connectivity index (χ3n) is 2.19. The molecule has 0 bridgehead atoms. The van der Waals surface area contributed by atoms with E-state index in [9.17, 15) is 0 Å². The topological polar surface area (TPSA) is 70.5 Å². The maximum absolute atomic E-state index is 5.82. The summed E-state index contributed by atoms with van der Waals surface area (Å²) >= 11 is 3.36. The molecule has 0 aliphatic carbocycles. The van der Waals surface area contributed by atoms with Crippen molar-refractivity contribution in [1.82, 2.24) is 4.98 Å². The highest BCUT2D eigenvalue weighted by Gasteiger charge is 2.09. The smallest absolute Gasteiger partial charge is 0.221 e. The number of nitrogen functional groups attached to an aromatic ring is 1. The lowest BCUT2D eigenvalue weighted by Gasteiger charge is -1.98. The fourth-order valence-corrected chi connectivity index (χ4v) is 1.90. The van der Waals surface area contributed by atoms with Crippen LogP contribution in [0.25, 0.3) is 11.1 Å². The van der Waals surface area contributed by atoms with E-state index in [0.29, 0.717) is 37.0 Å². The van der Waals surface area contributed by atoms with Crippen molar-refractivity contribution in [2.24, 2.45) is 0 Å². The van der Waals surface area contributed by atoms with E-state index >= 15 is 0 Å². The van der Waals surface area contributed by atoms with Gasteiger partial charge in [-0.2, -0.15) is 0 Å². The van der Waals surface area contributed by atoms with Crippen molar-refractivity contribution in [1.29, 1.82) is 0 Å². The first-order chi connectivity index (χ1) is 8.20. The summed E-state index contributed by atoms with van der Waals surface area (Å²) in [7, 11) is 1.63. The second-order valence-electron chi connectivity index (χ2n) is 3.50. The van der Waals surface area contributed by atoms with Gasteiger partial charge < -0.3 is 19.6 Å². The number of benzene rings is 1. The zero-order valence-electron chi connectivity index (χ0n) is 9.40. The quantitative estimate of drug-likeness (QED) is 0.678. The minimum Gasteiger partial charge on any atom is -0.436 e. The third-order valence-corrected chi connectivity index (χ3v) is 2.64. The number of ether oxygens (including phenoxy) is 2. The number of methoxy groups -OCH3 is 1. The molecule has 0 saturated heterocycles. The van der Waals surface area contributed by atoms with Crippen LogP contribution in [0.1, 0.15) is 5.89 Å². The van der Waals surface area contributed by atoms with Gasteiger partial charge in [0.2, 0.25) is 5.89 Å². The second-order valence-corrected chi connectivity index (χ2v) is 4.41. The van der Waals surface area contributed by atoms with Crippen LogP contribution in [0.5, 0.6) is 0 Å². The zero-order chi connectivity index (χ0) is 12.3. The van der Waals surface area contributed by atoms with Gasteiger partial charge in [-0.3, -0.25) is 0 Å². The summed E-state index contributed by atoms with van der Waals surface area (Å²) in [5.41, 5.74) is 7.70. The number of halogens is 1. The van der Waals surface area contributed by atoms with E-state index in [2.05, 4.69) is 20.9 Å². The highest BCUT2D eigenvalue weighted by atomic mass is 79.9. The van der Waals surface area contributed by atoms with Crippen molar-refractivity contribution >= 4 is 32.7 Å². The first-order valence-corrected chi connectivity index (χ1v) is 5.91. The molecule has 5 nitrogen and oxygen atoms in total. The summed E-state index contributed by atoms with van der Waals surface area (Å²) < 4.78 is 16.6. The highest BCUT2D eigenvalue weighted by Crippen LogP contribution is 2.26. The summed E-state index contributed by atoms with van der Waals surface area (Å²) in [5, 5.41) is 0. The average Bonchev–Trinajstić information content (AvgIpc) is 2.67.